The Bertz CT molecular complexity index is 1210. The highest BCUT2D eigenvalue weighted by molar-refractivity contribution is 6.04. The van der Waals surface area contributed by atoms with Gasteiger partial charge in [0.05, 0.1) is 11.2 Å². The molecule has 2 aromatic heterocycles. The number of anilines is 2. The van der Waals surface area contributed by atoms with Crippen LogP contribution in [-0.4, -0.2) is 15.5 Å². The van der Waals surface area contributed by atoms with Gasteiger partial charge in [-0.25, -0.2) is 9.37 Å². The molecule has 0 radical (unpaired) electrons. The lowest BCUT2D eigenvalue weighted by molar-refractivity contribution is 0.102. The van der Waals surface area contributed by atoms with Gasteiger partial charge >= 0.3 is 0 Å². The first-order valence-corrected chi connectivity index (χ1v) is 8.83. The van der Waals surface area contributed by atoms with Crippen molar-refractivity contribution >= 4 is 28.4 Å². The van der Waals surface area contributed by atoms with Gasteiger partial charge in [-0.2, -0.15) is 0 Å². The molecule has 0 fully saturated rings. The fraction of sp³-hybridized carbons (Fsp3) is 0.0909. The van der Waals surface area contributed by atoms with Gasteiger partial charge < -0.3 is 15.6 Å². The van der Waals surface area contributed by atoms with E-state index in [1.54, 1.807) is 36.4 Å². The Morgan fingerprint density at radius 3 is 2.61 bits per heavy atom. The van der Waals surface area contributed by atoms with Crippen LogP contribution in [0, 0.1) is 12.7 Å². The van der Waals surface area contributed by atoms with Crippen LogP contribution in [0.25, 0.3) is 22.2 Å². The van der Waals surface area contributed by atoms with Gasteiger partial charge in [-0.05, 0) is 49.4 Å². The number of amides is 1. The number of carbonyl (C=O) groups is 1. The number of hydrogen-bond acceptors (Lipinski definition) is 3. The molecule has 2 heterocycles. The number of aryl methyl sites for hydroxylation is 2. The molecule has 0 saturated carbocycles. The van der Waals surface area contributed by atoms with E-state index >= 15 is 0 Å². The molecule has 0 bridgehead atoms. The summed E-state index contributed by atoms with van der Waals surface area (Å²) in [6, 6.07) is 17.5. The molecule has 0 aliphatic heterocycles. The quantitative estimate of drug-likeness (QED) is 0.554. The average Bonchev–Trinajstić information content (AvgIpc) is 3.00. The van der Waals surface area contributed by atoms with Crippen molar-refractivity contribution in [3.8, 4) is 11.3 Å². The Labute approximate surface area is 161 Å². The van der Waals surface area contributed by atoms with E-state index < -0.39 is 0 Å². The van der Waals surface area contributed by atoms with E-state index in [0.29, 0.717) is 22.3 Å². The molecule has 0 atom stereocenters. The van der Waals surface area contributed by atoms with Crippen molar-refractivity contribution in [1.82, 2.24) is 9.55 Å². The predicted octanol–water partition coefficient (Wildman–Crippen LogP) is 4.52. The Morgan fingerprint density at radius 1 is 1.11 bits per heavy atom. The van der Waals surface area contributed by atoms with Crippen molar-refractivity contribution in [2.45, 2.75) is 6.92 Å². The number of nitrogen functional groups attached to an aromatic ring is 1. The number of nitrogens with two attached hydrogens (primary N) is 1. The summed E-state index contributed by atoms with van der Waals surface area (Å²) >= 11 is 0. The number of carbonyl (C=O) groups excluding carboxylic acids is 1. The van der Waals surface area contributed by atoms with Crippen LogP contribution in [-0.2, 0) is 7.05 Å². The van der Waals surface area contributed by atoms with Crippen molar-refractivity contribution in [3.05, 3.63) is 77.6 Å². The largest absolute Gasteiger partial charge is 0.383 e. The van der Waals surface area contributed by atoms with Gasteiger partial charge in [-0.1, -0.05) is 23.8 Å². The first-order valence-electron chi connectivity index (χ1n) is 8.83. The van der Waals surface area contributed by atoms with E-state index in [4.69, 9.17) is 5.73 Å². The second-order valence-electron chi connectivity index (χ2n) is 6.71. The minimum Gasteiger partial charge on any atom is -0.383 e. The second kappa shape index (κ2) is 6.81. The highest BCUT2D eigenvalue weighted by atomic mass is 19.1. The zero-order valence-corrected chi connectivity index (χ0v) is 15.5. The number of pyridine rings is 1. The molecule has 0 aliphatic carbocycles. The van der Waals surface area contributed by atoms with Crippen LogP contribution in [0.4, 0.5) is 16.0 Å². The van der Waals surface area contributed by atoms with Crippen LogP contribution >= 0.6 is 0 Å². The minimum absolute atomic E-state index is 0.255. The van der Waals surface area contributed by atoms with Crippen LogP contribution in [0.1, 0.15) is 15.9 Å². The van der Waals surface area contributed by atoms with E-state index in [2.05, 4.69) is 10.3 Å². The number of nitrogens with zero attached hydrogens (tertiary/aromatic N) is 2. The molecular weight excluding hydrogens is 355 g/mol. The van der Waals surface area contributed by atoms with Gasteiger partial charge in [0, 0.05) is 23.6 Å². The van der Waals surface area contributed by atoms with E-state index in [1.165, 1.54) is 6.07 Å². The molecule has 6 heteroatoms. The smallest absolute Gasteiger partial charge is 0.256 e. The molecule has 0 spiro atoms. The highest BCUT2D eigenvalue weighted by Gasteiger charge is 2.15. The zero-order valence-electron chi connectivity index (χ0n) is 15.5. The lowest BCUT2D eigenvalue weighted by Crippen LogP contribution is -2.13. The number of fused-ring (bicyclic) bond motifs is 1. The Kier molecular flexibility index (Phi) is 4.31. The van der Waals surface area contributed by atoms with E-state index in [1.807, 2.05) is 36.7 Å². The van der Waals surface area contributed by atoms with Crippen molar-refractivity contribution in [1.29, 1.82) is 0 Å². The molecule has 2 aromatic carbocycles. The van der Waals surface area contributed by atoms with Gasteiger partial charge in [0.25, 0.3) is 5.91 Å². The predicted molar refractivity (Wildman–Crippen MR) is 110 cm³/mol. The molecule has 1 amide bonds. The Balaban J connectivity index is 1.66. The summed E-state index contributed by atoms with van der Waals surface area (Å²) in [4.78, 5) is 16.7. The molecular formula is C22H19FN4O. The number of benzene rings is 2. The summed E-state index contributed by atoms with van der Waals surface area (Å²) in [5, 5.41) is 3.28. The van der Waals surface area contributed by atoms with Gasteiger partial charge in [0.15, 0.2) is 0 Å². The molecule has 4 aromatic rings. The van der Waals surface area contributed by atoms with Gasteiger partial charge in [0.1, 0.15) is 17.5 Å². The standard InChI is InChI=1S/C22H19FN4O/c1-13-5-3-6-14(11-13)22(28)26-20-10-9-15(21(24)25-20)19-12-16-17(23)7-4-8-18(16)27(19)2/h3-12H,1-2H3,(H3,24,25,26,28). The van der Waals surface area contributed by atoms with Crippen molar-refractivity contribution in [2.75, 3.05) is 11.1 Å². The third-order valence-corrected chi connectivity index (χ3v) is 4.76. The molecule has 3 N–H and O–H groups in total. The third kappa shape index (κ3) is 3.09. The number of hydrogen-bond donors (Lipinski definition) is 2. The normalized spacial score (nSPS) is 11.0. The lowest BCUT2D eigenvalue weighted by atomic mass is 10.1. The first-order chi connectivity index (χ1) is 13.4. The van der Waals surface area contributed by atoms with E-state index in [9.17, 15) is 9.18 Å². The number of rotatable bonds is 3. The van der Waals surface area contributed by atoms with Crippen LogP contribution in [0.2, 0.25) is 0 Å². The first kappa shape index (κ1) is 17.7. The van der Waals surface area contributed by atoms with Crippen LogP contribution in [0.3, 0.4) is 0 Å². The van der Waals surface area contributed by atoms with Gasteiger partial charge in [-0.3, -0.25) is 4.79 Å². The summed E-state index contributed by atoms with van der Waals surface area (Å²) in [5.74, 6) is 0.0778. The average molecular weight is 374 g/mol. The van der Waals surface area contributed by atoms with Crippen molar-refractivity contribution in [3.63, 3.8) is 0 Å². The maximum atomic E-state index is 14.1. The highest BCUT2D eigenvalue weighted by Crippen LogP contribution is 2.32. The molecule has 140 valence electrons. The van der Waals surface area contributed by atoms with E-state index in [-0.39, 0.29) is 17.5 Å². The maximum Gasteiger partial charge on any atom is 0.256 e. The fourth-order valence-electron chi connectivity index (χ4n) is 3.32. The molecule has 0 saturated heterocycles. The second-order valence-corrected chi connectivity index (χ2v) is 6.71. The van der Waals surface area contributed by atoms with E-state index in [0.717, 1.165) is 16.8 Å². The summed E-state index contributed by atoms with van der Waals surface area (Å²) in [6.07, 6.45) is 0. The summed E-state index contributed by atoms with van der Waals surface area (Å²) in [5.41, 5.74) is 9.89. The SMILES string of the molecule is Cc1cccc(C(=O)Nc2ccc(-c3cc4c(F)cccc4n3C)c(N)n2)c1. The zero-order chi connectivity index (χ0) is 19.8. The summed E-state index contributed by atoms with van der Waals surface area (Å²) in [6.45, 7) is 1.93. The van der Waals surface area contributed by atoms with Gasteiger partial charge in [0.2, 0.25) is 0 Å². The number of halogens is 1. The molecule has 28 heavy (non-hydrogen) atoms. The number of aromatic nitrogens is 2. The maximum absolute atomic E-state index is 14.1. The van der Waals surface area contributed by atoms with Crippen molar-refractivity contribution in [2.24, 2.45) is 7.05 Å². The topological polar surface area (TPSA) is 72.9 Å². The van der Waals surface area contributed by atoms with Crippen LogP contribution < -0.4 is 11.1 Å². The lowest BCUT2D eigenvalue weighted by Gasteiger charge is -2.10. The van der Waals surface area contributed by atoms with Crippen LogP contribution in [0.15, 0.2) is 60.7 Å². The van der Waals surface area contributed by atoms with Crippen LogP contribution in [0.5, 0.6) is 0 Å². The fourth-order valence-corrected chi connectivity index (χ4v) is 3.32. The third-order valence-electron chi connectivity index (χ3n) is 4.76. The molecule has 0 aliphatic rings. The number of nitrogens with one attached hydrogen (secondary N) is 1. The molecule has 5 nitrogen and oxygen atoms in total. The molecule has 4 rings (SSSR count). The summed E-state index contributed by atoms with van der Waals surface area (Å²) in [7, 11) is 1.85. The van der Waals surface area contributed by atoms with Gasteiger partial charge in [-0.15, -0.1) is 0 Å². The Morgan fingerprint density at radius 2 is 1.89 bits per heavy atom. The molecule has 0 unspecified atom stereocenters. The monoisotopic (exact) mass is 374 g/mol. The minimum atomic E-state index is -0.284. The Hall–Kier alpha value is -3.67. The van der Waals surface area contributed by atoms with Crippen molar-refractivity contribution < 1.29 is 9.18 Å². The summed E-state index contributed by atoms with van der Waals surface area (Å²) < 4.78 is 16.0.